The fraction of sp³-hybridized carbons (Fsp3) is 0.304. The average Bonchev–Trinajstić information content (AvgIpc) is 3.24. The quantitative estimate of drug-likeness (QED) is 0.598. The SMILES string of the molecule is O=C(c1coc(CN(Cc2ccccc2)Cc2ccccc2F)n1)N1CCOCC1. The van der Waals surface area contributed by atoms with Crippen LogP contribution in [0.1, 0.15) is 27.5 Å². The summed E-state index contributed by atoms with van der Waals surface area (Å²) in [6.07, 6.45) is 1.40. The number of oxazole rings is 1. The third-order valence-corrected chi connectivity index (χ3v) is 5.03. The maximum Gasteiger partial charge on any atom is 0.275 e. The Labute approximate surface area is 174 Å². The zero-order valence-electron chi connectivity index (χ0n) is 16.7. The first-order chi connectivity index (χ1) is 14.7. The fourth-order valence-electron chi connectivity index (χ4n) is 3.48. The number of morpholine rings is 1. The first kappa shape index (κ1) is 20.3. The van der Waals surface area contributed by atoms with Crippen molar-refractivity contribution in [3.05, 3.63) is 89.4 Å². The molecule has 0 spiro atoms. The van der Waals surface area contributed by atoms with Crippen LogP contribution in [0.15, 0.2) is 65.3 Å². The van der Waals surface area contributed by atoms with Gasteiger partial charge >= 0.3 is 0 Å². The van der Waals surface area contributed by atoms with E-state index in [0.717, 1.165) is 5.56 Å². The lowest BCUT2D eigenvalue weighted by Crippen LogP contribution is -2.40. The van der Waals surface area contributed by atoms with E-state index in [0.29, 0.717) is 57.4 Å². The Kier molecular flexibility index (Phi) is 6.51. The minimum atomic E-state index is -0.244. The van der Waals surface area contributed by atoms with Gasteiger partial charge in [0.1, 0.15) is 12.1 Å². The van der Waals surface area contributed by atoms with Crippen molar-refractivity contribution in [1.29, 1.82) is 0 Å². The molecule has 4 rings (SSSR count). The molecular formula is C23H24FN3O3. The van der Waals surface area contributed by atoms with Gasteiger partial charge in [0.05, 0.1) is 19.8 Å². The summed E-state index contributed by atoms with van der Waals surface area (Å²) in [5.41, 5.74) is 1.99. The van der Waals surface area contributed by atoms with Crippen LogP contribution >= 0.6 is 0 Å². The molecule has 1 fully saturated rings. The topological polar surface area (TPSA) is 58.8 Å². The molecule has 30 heavy (non-hydrogen) atoms. The molecule has 1 aliphatic heterocycles. The van der Waals surface area contributed by atoms with Crippen molar-refractivity contribution < 1.29 is 18.3 Å². The number of hydrogen-bond donors (Lipinski definition) is 0. The Balaban J connectivity index is 1.49. The second-order valence-electron chi connectivity index (χ2n) is 7.25. The van der Waals surface area contributed by atoms with Gasteiger partial charge in [0.25, 0.3) is 5.91 Å². The van der Waals surface area contributed by atoms with E-state index in [1.165, 1.54) is 12.3 Å². The highest BCUT2D eigenvalue weighted by Crippen LogP contribution is 2.17. The molecular weight excluding hydrogens is 385 g/mol. The second kappa shape index (κ2) is 9.65. The van der Waals surface area contributed by atoms with Crippen molar-refractivity contribution in [2.24, 2.45) is 0 Å². The molecule has 156 valence electrons. The first-order valence-electron chi connectivity index (χ1n) is 10.00. The number of rotatable bonds is 7. The molecule has 2 aromatic carbocycles. The summed E-state index contributed by atoms with van der Waals surface area (Å²) in [7, 11) is 0. The number of amides is 1. The molecule has 0 unspecified atom stereocenters. The van der Waals surface area contributed by atoms with Gasteiger partial charge in [-0.15, -0.1) is 0 Å². The summed E-state index contributed by atoms with van der Waals surface area (Å²) in [5.74, 6) is 0.0297. The Morgan fingerprint density at radius 1 is 1.00 bits per heavy atom. The Bertz CT molecular complexity index is 971. The lowest BCUT2D eigenvalue weighted by atomic mass is 10.1. The molecule has 1 amide bonds. The third-order valence-electron chi connectivity index (χ3n) is 5.03. The van der Waals surface area contributed by atoms with Gasteiger partial charge in [-0.25, -0.2) is 9.37 Å². The Hall–Kier alpha value is -3.03. The van der Waals surface area contributed by atoms with Gasteiger partial charge in [0.2, 0.25) is 5.89 Å². The molecule has 0 saturated carbocycles. The van der Waals surface area contributed by atoms with E-state index in [9.17, 15) is 9.18 Å². The van der Waals surface area contributed by atoms with Crippen LogP contribution < -0.4 is 0 Å². The van der Waals surface area contributed by atoms with Crippen LogP contribution in [0.4, 0.5) is 4.39 Å². The smallest absolute Gasteiger partial charge is 0.275 e. The number of aromatic nitrogens is 1. The lowest BCUT2D eigenvalue weighted by Gasteiger charge is -2.25. The van der Waals surface area contributed by atoms with E-state index < -0.39 is 0 Å². The standard InChI is InChI=1S/C23H24FN3O3/c24-20-9-5-4-8-19(20)15-26(14-18-6-2-1-3-7-18)16-22-25-21(17-30-22)23(28)27-10-12-29-13-11-27/h1-9,17H,10-16H2. The van der Waals surface area contributed by atoms with Crippen LogP contribution in [0.2, 0.25) is 0 Å². The van der Waals surface area contributed by atoms with Crippen LogP contribution in [0.3, 0.4) is 0 Å². The van der Waals surface area contributed by atoms with Crippen molar-refractivity contribution in [2.45, 2.75) is 19.6 Å². The minimum absolute atomic E-state index is 0.156. The lowest BCUT2D eigenvalue weighted by molar-refractivity contribution is 0.0299. The van der Waals surface area contributed by atoms with Gasteiger partial charge in [-0.1, -0.05) is 48.5 Å². The zero-order valence-corrected chi connectivity index (χ0v) is 16.7. The van der Waals surface area contributed by atoms with Crippen molar-refractivity contribution >= 4 is 5.91 Å². The van der Waals surface area contributed by atoms with Crippen molar-refractivity contribution in [3.63, 3.8) is 0 Å². The number of nitrogens with zero attached hydrogens (tertiary/aromatic N) is 3. The number of benzene rings is 2. The summed E-state index contributed by atoms with van der Waals surface area (Å²) in [6.45, 7) is 3.53. The highest BCUT2D eigenvalue weighted by Gasteiger charge is 2.22. The maximum atomic E-state index is 14.2. The second-order valence-corrected chi connectivity index (χ2v) is 7.25. The largest absolute Gasteiger partial charge is 0.447 e. The van der Waals surface area contributed by atoms with E-state index in [1.54, 1.807) is 17.0 Å². The third kappa shape index (κ3) is 5.11. The van der Waals surface area contributed by atoms with Gasteiger partial charge in [-0.2, -0.15) is 0 Å². The highest BCUT2D eigenvalue weighted by atomic mass is 19.1. The van der Waals surface area contributed by atoms with Crippen LogP contribution in [0, 0.1) is 5.82 Å². The molecule has 0 N–H and O–H groups in total. The van der Waals surface area contributed by atoms with Crippen LogP contribution in [-0.4, -0.2) is 47.0 Å². The summed E-state index contributed by atoms with van der Waals surface area (Å²) < 4.78 is 25.1. The molecule has 0 radical (unpaired) electrons. The van der Waals surface area contributed by atoms with Gasteiger partial charge in [-0.3, -0.25) is 9.69 Å². The van der Waals surface area contributed by atoms with Crippen molar-refractivity contribution in [2.75, 3.05) is 26.3 Å². The van der Waals surface area contributed by atoms with Gasteiger partial charge in [0, 0.05) is 31.7 Å². The van der Waals surface area contributed by atoms with Gasteiger partial charge in [-0.05, 0) is 11.6 Å². The maximum absolute atomic E-state index is 14.2. The molecule has 1 aliphatic rings. The highest BCUT2D eigenvalue weighted by molar-refractivity contribution is 5.92. The molecule has 1 aromatic heterocycles. The number of carbonyl (C=O) groups excluding carboxylic acids is 1. The molecule has 0 aliphatic carbocycles. The fourth-order valence-corrected chi connectivity index (χ4v) is 3.48. The van der Waals surface area contributed by atoms with E-state index in [1.807, 2.05) is 41.3 Å². The Morgan fingerprint density at radius 3 is 2.50 bits per heavy atom. The van der Waals surface area contributed by atoms with Gasteiger partial charge < -0.3 is 14.1 Å². The minimum Gasteiger partial charge on any atom is -0.447 e. The first-order valence-corrected chi connectivity index (χ1v) is 10.00. The summed E-state index contributed by atoms with van der Waals surface area (Å²) in [5, 5.41) is 0. The molecule has 3 aromatic rings. The number of ether oxygens (including phenoxy) is 1. The van der Waals surface area contributed by atoms with Gasteiger partial charge in [0.15, 0.2) is 5.69 Å². The number of hydrogen-bond acceptors (Lipinski definition) is 5. The molecule has 0 atom stereocenters. The van der Waals surface area contributed by atoms with Crippen molar-refractivity contribution in [3.8, 4) is 0 Å². The van der Waals surface area contributed by atoms with Crippen LogP contribution in [-0.2, 0) is 24.4 Å². The Morgan fingerprint density at radius 2 is 1.73 bits per heavy atom. The van der Waals surface area contributed by atoms with Crippen LogP contribution in [0.5, 0.6) is 0 Å². The number of carbonyl (C=O) groups is 1. The normalized spacial score (nSPS) is 14.3. The van der Waals surface area contributed by atoms with E-state index >= 15 is 0 Å². The zero-order chi connectivity index (χ0) is 20.8. The molecule has 6 nitrogen and oxygen atoms in total. The van der Waals surface area contributed by atoms with E-state index in [4.69, 9.17) is 9.15 Å². The van der Waals surface area contributed by atoms with Crippen molar-refractivity contribution in [1.82, 2.24) is 14.8 Å². The van der Waals surface area contributed by atoms with Crippen LogP contribution in [0.25, 0.3) is 0 Å². The summed E-state index contributed by atoms with van der Waals surface area (Å²) in [4.78, 5) is 20.8. The van der Waals surface area contributed by atoms with E-state index in [2.05, 4.69) is 4.98 Å². The molecule has 2 heterocycles. The summed E-state index contributed by atoms with van der Waals surface area (Å²) >= 11 is 0. The predicted octanol–water partition coefficient (Wildman–Crippen LogP) is 3.49. The molecule has 1 saturated heterocycles. The van der Waals surface area contributed by atoms with E-state index in [-0.39, 0.29) is 17.4 Å². The molecule has 0 bridgehead atoms. The average molecular weight is 409 g/mol. The number of halogens is 1. The summed E-state index contributed by atoms with van der Waals surface area (Å²) in [6, 6.07) is 16.7. The molecule has 7 heteroatoms. The predicted molar refractivity (Wildman–Crippen MR) is 109 cm³/mol. The monoisotopic (exact) mass is 409 g/mol.